The van der Waals surface area contributed by atoms with Crippen molar-refractivity contribution >= 4 is 55.0 Å². The Kier molecular flexibility index (Phi) is 4.52. The molecule has 0 saturated carbocycles. The van der Waals surface area contributed by atoms with E-state index in [9.17, 15) is 0 Å². The molecule has 3 aromatic heterocycles. The highest BCUT2D eigenvalue weighted by Crippen LogP contribution is 2.62. The summed E-state index contributed by atoms with van der Waals surface area (Å²) in [6.45, 7) is 0. The van der Waals surface area contributed by atoms with Crippen LogP contribution in [0.2, 0.25) is 0 Å². The summed E-state index contributed by atoms with van der Waals surface area (Å²) < 4.78 is 7.71. The Morgan fingerprint density at radius 2 is 1.10 bits per heavy atom. The number of anilines is 1. The molecular weight excluding hydrogens is 623 g/mol. The van der Waals surface area contributed by atoms with Crippen LogP contribution in [-0.2, 0) is 5.54 Å². The van der Waals surface area contributed by atoms with Crippen LogP contribution in [0.25, 0.3) is 71.9 Å². The zero-order chi connectivity index (χ0) is 33.2. The number of likely N-dealkylation sites (N-methyl/N-ethyl adjacent to an activating group) is 1. The van der Waals surface area contributed by atoms with Crippen LogP contribution in [-0.4, -0.2) is 27.2 Å². The van der Waals surface area contributed by atoms with Crippen LogP contribution >= 0.6 is 0 Å². The Bertz CT molecular complexity index is 3060. The number of nitrogens with zero attached hydrogens (tertiary/aromatic N) is 5. The molecule has 6 aromatic carbocycles. The van der Waals surface area contributed by atoms with Crippen LogP contribution in [0.15, 0.2) is 158 Å². The van der Waals surface area contributed by atoms with Crippen LogP contribution in [0.5, 0.6) is 0 Å². The highest BCUT2D eigenvalue weighted by Gasteiger charge is 2.67. The summed E-state index contributed by atoms with van der Waals surface area (Å²) in [4.78, 5) is 5.12. The summed E-state index contributed by atoms with van der Waals surface area (Å²) in [5.41, 5.74) is 14.8. The summed E-state index contributed by atoms with van der Waals surface area (Å²) in [6, 6.07) is 53.9. The zero-order valence-corrected chi connectivity index (χ0v) is 27.8. The molecular formula is C46H30N5+. The normalized spacial score (nSPS) is 19.0. The molecule has 238 valence electrons. The second-order valence-corrected chi connectivity index (χ2v) is 14.5. The number of hydrogen-bond donors (Lipinski definition) is 0. The molecule has 0 fully saturated rings. The van der Waals surface area contributed by atoms with Gasteiger partial charge in [0, 0.05) is 40.9 Å². The monoisotopic (exact) mass is 652 g/mol. The first kappa shape index (κ1) is 26.3. The molecule has 9 aromatic rings. The molecule has 0 N–H and O–H groups in total. The molecule has 5 heteroatoms. The molecule has 0 radical (unpaired) electrons. The van der Waals surface area contributed by atoms with Gasteiger partial charge in [0.05, 0.1) is 45.4 Å². The van der Waals surface area contributed by atoms with E-state index in [2.05, 4.69) is 189 Å². The van der Waals surface area contributed by atoms with Gasteiger partial charge < -0.3 is 14.4 Å². The second kappa shape index (κ2) is 8.76. The van der Waals surface area contributed by atoms with E-state index in [4.69, 9.17) is 0 Å². The Morgan fingerprint density at radius 1 is 0.510 bits per heavy atom. The van der Waals surface area contributed by atoms with Crippen LogP contribution in [0.3, 0.4) is 0 Å². The van der Waals surface area contributed by atoms with E-state index < -0.39 is 5.54 Å². The standard InChI is InChI=1S/C46H30N5/c1-47-39(30-20-18-29(19-21-30)28-11-3-2-4-12-28)27-48-37-24-22-33-31-13-5-7-15-35(31)50-38-25-23-34-32-14-6-8-16-36(32)51-40-17-9-10-26-49(40)46(45(47)48,41(37)43(33)50)42(38)44(34)51/h2-27,45H,1H3/q+1. The van der Waals surface area contributed by atoms with Crippen molar-refractivity contribution in [2.75, 3.05) is 11.9 Å². The SMILES string of the molecule is CN1C(c2ccc(-c3ccccc3)cc2)=CN2c3ccc4c5ccccc5n5c4c3C3(c4c-5ccc5c6ccccc6n(c45)-c4cccc[n+]43)C12. The van der Waals surface area contributed by atoms with E-state index in [0.717, 1.165) is 0 Å². The van der Waals surface area contributed by atoms with Crippen molar-refractivity contribution in [1.82, 2.24) is 14.0 Å². The molecule has 0 aliphatic carbocycles. The van der Waals surface area contributed by atoms with Crippen molar-refractivity contribution in [2.24, 2.45) is 0 Å². The lowest BCUT2D eigenvalue weighted by Crippen LogP contribution is -2.70. The number of aromatic nitrogens is 3. The summed E-state index contributed by atoms with van der Waals surface area (Å²) in [5.74, 6) is 1.19. The van der Waals surface area contributed by atoms with Crippen LogP contribution in [0.1, 0.15) is 16.7 Å². The van der Waals surface area contributed by atoms with E-state index in [1.54, 1.807) is 0 Å². The number of hydrogen-bond acceptors (Lipinski definition) is 2. The Balaban J connectivity index is 1.18. The summed E-state index contributed by atoms with van der Waals surface area (Å²) in [7, 11) is 2.30. The largest absolute Gasteiger partial charge is 0.348 e. The van der Waals surface area contributed by atoms with Gasteiger partial charge in [-0.2, -0.15) is 4.57 Å². The third-order valence-corrected chi connectivity index (χ3v) is 12.3. The molecule has 13 rings (SSSR count). The van der Waals surface area contributed by atoms with Crippen molar-refractivity contribution in [3.63, 3.8) is 0 Å². The summed E-state index contributed by atoms with van der Waals surface area (Å²) >= 11 is 0. The van der Waals surface area contributed by atoms with Gasteiger partial charge in [0.25, 0.3) is 5.82 Å². The second-order valence-electron chi connectivity index (χ2n) is 14.5. The van der Waals surface area contributed by atoms with Crippen molar-refractivity contribution in [3.8, 4) is 22.6 Å². The maximum absolute atomic E-state index is 2.61. The minimum Gasteiger partial charge on any atom is -0.348 e. The van der Waals surface area contributed by atoms with E-state index in [0.29, 0.717) is 0 Å². The first-order valence-electron chi connectivity index (χ1n) is 17.8. The highest BCUT2D eigenvalue weighted by molar-refractivity contribution is 6.17. The van der Waals surface area contributed by atoms with E-state index >= 15 is 0 Å². The molecule has 0 bridgehead atoms. The fourth-order valence-electron chi connectivity index (χ4n) is 10.4. The highest BCUT2D eigenvalue weighted by atomic mass is 15.5. The average Bonchev–Trinajstić information content (AvgIpc) is 3.91. The van der Waals surface area contributed by atoms with Gasteiger partial charge in [-0.25, -0.2) is 4.57 Å². The van der Waals surface area contributed by atoms with Crippen LogP contribution in [0, 0.1) is 0 Å². The minimum absolute atomic E-state index is 0.0316. The number of rotatable bonds is 2. The predicted molar refractivity (Wildman–Crippen MR) is 205 cm³/mol. The smallest absolute Gasteiger partial charge is 0.288 e. The Morgan fingerprint density at radius 3 is 1.86 bits per heavy atom. The molecule has 2 atom stereocenters. The molecule has 4 aliphatic rings. The van der Waals surface area contributed by atoms with E-state index in [1.165, 1.54) is 94.3 Å². The van der Waals surface area contributed by atoms with Gasteiger partial charge in [-0.3, -0.25) is 0 Å². The van der Waals surface area contributed by atoms with Gasteiger partial charge in [0.15, 0.2) is 11.7 Å². The van der Waals surface area contributed by atoms with E-state index in [-0.39, 0.29) is 6.17 Å². The summed E-state index contributed by atoms with van der Waals surface area (Å²) in [5, 5.41) is 5.20. The van der Waals surface area contributed by atoms with Gasteiger partial charge in [-0.15, -0.1) is 0 Å². The minimum atomic E-state index is -0.536. The maximum atomic E-state index is 2.61. The van der Waals surface area contributed by atoms with Crippen molar-refractivity contribution < 1.29 is 4.57 Å². The number of benzene rings is 6. The molecule has 51 heavy (non-hydrogen) atoms. The first-order chi connectivity index (χ1) is 25.2. The summed E-state index contributed by atoms with van der Waals surface area (Å²) in [6.07, 6.45) is 4.71. The van der Waals surface area contributed by atoms with Gasteiger partial charge in [0.2, 0.25) is 5.54 Å². The van der Waals surface area contributed by atoms with Crippen molar-refractivity contribution in [1.29, 1.82) is 0 Å². The third-order valence-electron chi connectivity index (χ3n) is 12.3. The molecule has 5 nitrogen and oxygen atoms in total. The van der Waals surface area contributed by atoms with E-state index in [1.807, 2.05) is 0 Å². The lowest BCUT2D eigenvalue weighted by atomic mass is 9.75. The maximum Gasteiger partial charge on any atom is 0.288 e. The van der Waals surface area contributed by atoms with Gasteiger partial charge >= 0.3 is 0 Å². The van der Waals surface area contributed by atoms with Crippen molar-refractivity contribution in [3.05, 3.63) is 175 Å². The van der Waals surface area contributed by atoms with Crippen LogP contribution < -0.4 is 9.47 Å². The topological polar surface area (TPSA) is 20.2 Å². The van der Waals surface area contributed by atoms with Gasteiger partial charge in [-0.05, 0) is 59.2 Å². The molecule has 1 spiro atoms. The number of pyridine rings is 1. The first-order valence-corrected chi connectivity index (χ1v) is 17.8. The number of fused-ring (bicyclic) bond motifs is 11. The lowest BCUT2D eigenvalue weighted by Gasteiger charge is -2.44. The lowest BCUT2D eigenvalue weighted by molar-refractivity contribution is -0.743. The van der Waals surface area contributed by atoms with Gasteiger partial charge in [-0.1, -0.05) is 97.1 Å². The molecule has 0 amide bonds. The third kappa shape index (κ3) is 2.82. The number of para-hydroxylation sites is 2. The van der Waals surface area contributed by atoms with Crippen LogP contribution in [0.4, 0.5) is 5.69 Å². The predicted octanol–water partition coefficient (Wildman–Crippen LogP) is 9.34. The van der Waals surface area contributed by atoms with Crippen molar-refractivity contribution in [2.45, 2.75) is 11.7 Å². The molecule has 0 saturated heterocycles. The van der Waals surface area contributed by atoms with Gasteiger partial charge in [0.1, 0.15) is 5.52 Å². The fraction of sp³-hybridized carbons (Fsp3) is 0.0652. The molecule has 2 unspecified atom stereocenters. The Labute approximate surface area is 293 Å². The Hall–Kier alpha value is -6.59. The molecule has 7 heterocycles. The fourth-order valence-corrected chi connectivity index (χ4v) is 10.4. The molecule has 4 aliphatic heterocycles. The average molecular weight is 653 g/mol. The zero-order valence-electron chi connectivity index (χ0n) is 27.8. The quantitative estimate of drug-likeness (QED) is 0.174.